The first-order valence-corrected chi connectivity index (χ1v) is 41.4. The average Bonchev–Trinajstić information content (AvgIpc) is 1.55. The lowest BCUT2D eigenvalue weighted by atomic mass is 9.84. The third-order valence-electron chi connectivity index (χ3n) is 19.4. The molecular formula is C93H152N8O9. The van der Waals surface area contributed by atoms with Gasteiger partial charge in [0.05, 0.1) is 45.4 Å². The van der Waals surface area contributed by atoms with E-state index in [4.69, 9.17) is 4.74 Å². The summed E-state index contributed by atoms with van der Waals surface area (Å²) < 4.78 is 5.75. The second kappa shape index (κ2) is 56.4. The minimum Gasteiger partial charge on any atom is -0.488 e. The summed E-state index contributed by atoms with van der Waals surface area (Å²) in [5.41, 5.74) is 10.4. The van der Waals surface area contributed by atoms with Crippen LogP contribution >= 0.6 is 0 Å². The lowest BCUT2D eigenvalue weighted by Crippen LogP contribution is -2.43. The highest BCUT2D eigenvalue weighted by molar-refractivity contribution is 6.14. The normalized spacial score (nSPS) is 19.2. The Morgan fingerprint density at radius 2 is 0.691 bits per heavy atom. The number of carbonyl (C=O) groups excluding carboxylic acids is 8. The van der Waals surface area contributed by atoms with Crippen molar-refractivity contribution in [3.8, 4) is 5.75 Å². The van der Waals surface area contributed by atoms with Gasteiger partial charge in [-0.15, -0.1) is 0 Å². The lowest BCUT2D eigenvalue weighted by Gasteiger charge is -2.29. The van der Waals surface area contributed by atoms with Crippen LogP contribution in [0.3, 0.4) is 0 Å². The lowest BCUT2D eigenvalue weighted by molar-refractivity contribution is -0.122. The van der Waals surface area contributed by atoms with Crippen molar-refractivity contribution in [1.29, 1.82) is 0 Å². The molecule has 0 spiro atoms. The highest BCUT2D eigenvalue weighted by Gasteiger charge is 2.39. The van der Waals surface area contributed by atoms with Gasteiger partial charge in [-0.3, -0.25) is 38.4 Å². The quantitative estimate of drug-likeness (QED) is 0.143. The standard InChI is InChI=1S/C17H22N2O2.C16H16N2O2.C14H19NO.C12H14N2O2.C12H15NO2.11C2H6/c1-10-13-8-6-5-7-12(13)9-14-15(10)19(4)16(20)11(2)18(3)17(14)21;1-10-15(19)18(3)14-9-12-7-5-4-6-11(12)8-13(14)16(20)17(10)2;1-9-10(2)12-7-5-6-8-13(12)14(16)15(4)11(9)3;1-8-11(15)14(3)10-7-5-4-6-9(10)12(16)13(8)2;1-8-9(2)15-11-7-5-4-6-10(11)12(14)13(8)3;11*1-2/h9,11H,5-8H2,1-4H3;4-10H,1-3H3;5-11H,1-4H3;4-8H,1-3H3;4-9H,1-3H3;11*1-2H3. The van der Waals surface area contributed by atoms with Crippen LogP contribution in [0.4, 0.5) is 17.1 Å². The van der Waals surface area contributed by atoms with Gasteiger partial charge in [0.15, 0.2) is 0 Å². The number of benzene rings is 6. The van der Waals surface area contributed by atoms with Crippen LogP contribution in [-0.4, -0.2) is 164 Å². The summed E-state index contributed by atoms with van der Waals surface area (Å²) in [6.07, 6.45) is 4.47. The SMILES string of the molecule is CC.CC.CC.CC.CC.CC.CC.CC.CC.CC.CC.CC1C(=O)N(C)c2cc3ccccc3cc2C(=O)N1C.CC1C(=O)N(C)c2ccccc2C(=O)N1C.CC1Oc2ccccc2C(=O)N(C)C1C.CC1c2ccccc2C(=O)N(C)C(C)C1C.Cc1c2c(cc3c1N(C)C(=O)C(C)N(C)C3=O)CCCC2. The minimum atomic E-state index is -0.456. The van der Waals surface area contributed by atoms with Gasteiger partial charge in [0.2, 0.25) is 17.7 Å². The summed E-state index contributed by atoms with van der Waals surface area (Å²) >= 11 is 0. The number of fused-ring (bicyclic) bond motifs is 7. The molecule has 0 fully saturated rings. The van der Waals surface area contributed by atoms with E-state index < -0.39 is 18.1 Å². The average molecular weight is 1530 g/mol. The summed E-state index contributed by atoms with van der Waals surface area (Å²) in [5.74, 6) is 1.34. The Morgan fingerprint density at radius 1 is 0.336 bits per heavy atom. The molecule has 0 aromatic heterocycles. The molecule has 8 unspecified atom stereocenters. The van der Waals surface area contributed by atoms with Crippen LogP contribution in [0.25, 0.3) is 10.8 Å². The third-order valence-corrected chi connectivity index (χ3v) is 19.4. The van der Waals surface area contributed by atoms with Crippen LogP contribution in [0.15, 0.2) is 115 Å². The molecule has 8 amide bonds. The van der Waals surface area contributed by atoms with E-state index in [1.807, 2.05) is 270 Å². The Labute approximate surface area is 669 Å². The molecule has 618 valence electrons. The minimum absolute atomic E-state index is 0.0163. The molecule has 5 heterocycles. The van der Waals surface area contributed by atoms with Gasteiger partial charge in [-0.05, 0) is 168 Å². The predicted molar refractivity (Wildman–Crippen MR) is 472 cm³/mol. The topological polar surface area (TPSA) is 172 Å². The summed E-state index contributed by atoms with van der Waals surface area (Å²) in [7, 11) is 14.0. The monoisotopic (exact) mass is 1530 g/mol. The molecule has 17 nitrogen and oxygen atoms in total. The van der Waals surface area contributed by atoms with Crippen LogP contribution in [0.5, 0.6) is 5.75 Å². The van der Waals surface area contributed by atoms with Crippen molar-refractivity contribution >= 4 is 75.1 Å². The maximum atomic E-state index is 12.7. The number of likely N-dealkylation sites (N-methyl/N-ethyl adjacent to an activating group) is 7. The molecule has 8 atom stereocenters. The maximum absolute atomic E-state index is 12.7. The van der Waals surface area contributed by atoms with Crippen LogP contribution < -0.4 is 19.4 Å². The molecule has 0 bridgehead atoms. The third kappa shape index (κ3) is 26.4. The first-order valence-electron chi connectivity index (χ1n) is 41.4. The fourth-order valence-corrected chi connectivity index (χ4v) is 12.4. The summed E-state index contributed by atoms with van der Waals surface area (Å²) in [6.45, 7) is 61.9. The van der Waals surface area contributed by atoms with Gasteiger partial charge in [0.1, 0.15) is 30.0 Å². The van der Waals surface area contributed by atoms with Crippen molar-refractivity contribution < 1.29 is 43.1 Å². The van der Waals surface area contributed by atoms with Gasteiger partial charge < -0.3 is 43.9 Å². The number of hydrogen-bond acceptors (Lipinski definition) is 9. The number of rotatable bonds is 0. The highest BCUT2D eigenvalue weighted by atomic mass is 16.5. The predicted octanol–water partition coefficient (Wildman–Crippen LogP) is 21.8. The summed E-state index contributed by atoms with van der Waals surface area (Å²) in [6, 6.07) is 35.2. The number of hydrogen-bond donors (Lipinski definition) is 0. The Hall–Kier alpha value is -8.86. The largest absolute Gasteiger partial charge is 0.488 e. The number of nitrogens with zero attached hydrogens (tertiary/aromatic N) is 8. The van der Waals surface area contributed by atoms with E-state index in [-0.39, 0.29) is 65.4 Å². The van der Waals surface area contributed by atoms with Gasteiger partial charge >= 0.3 is 0 Å². The van der Waals surface area contributed by atoms with Crippen molar-refractivity contribution in [2.45, 2.75) is 283 Å². The molecule has 0 radical (unpaired) electrons. The summed E-state index contributed by atoms with van der Waals surface area (Å²) in [4.78, 5) is 111. The Morgan fingerprint density at radius 3 is 1.18 bits per heavy atom. The number of ether oxygens (including phenoxy) is 1. The Bertz CT molecular complexity index is 3720. The Kier molecular flexibility index (Phi) is 55.1. The van der Waals surface area contributed by atoms with Crippen LogP contribution in [0.1, 0.15) is 301 Å². The number of aryl methyl sites for hydroxylation is 1. The van der Waals surface area contributed by atoms with E-state index in [1.165, 1.54) is 39.3 Å². The van der Waals surface area contributed by atoms with Crippen LogP contribution in [0, 0.1) is 12.8 Å². The molecule has 6 aromatic carbocycles. The van der Waals surface area contributed by atoms with Crippen molar-refractivity contribution in [2.24, 2.45) is 5.92 Å². The molecule has 5 aliphatic heterocycles. The van der Waals surface area contributed by atoms with E-state index in [9.17, 15) is 38.4 Å². The molecule has 0 saturated carbocycles. The van der Waals surface area contributed by atoms with Crippen molar-refractivity contribution in [3.05, 3.63) is 165 Å². The van der Waals surface area contributed by atoms with Crippen LogP contribution in [-0.2, 0) is 27.2 Å². The molecule has 6 aliphatic rings. The van der Waals surface area contributed by atoms with Crippen molar-refractivity contribution in [1.82, 2.24) is 24.5 Å². The molecule has 0 saturated heterocycles. The smallest absolute Gasteiger partial charge is 0.257 e. The number of carbonyl (C=O) groups is 8. The fourth-order valence-electron chi connectivity index (χ4n) is 12.4. The van der Waals surface area contributed by atoms with Crippen LogP contribution in [0.2, 0.25) is 0 Å². The molecule has 6 aromatic rings. The molecular weight excluding hydrogens is 1370 g/mol. The van der Waals surface area contributed by atoms with Crippen molar-refractivity contribution in [3.63, 3.8) is 0 Å². The molecule has 0 N–H and O–H groups in total. The van der Waals surface area contributed by atoms with Gasteiger partial charge in [0.25, 0.3) is 29.5 Å². The van der Waals surface area contributed by atoms with Gasteiger partial charge in [-0.2, -0.15) is 0 Å². The number of anilines is 3. The fraction of sp³-hybridized carbons (Fsp3) is 0.548. The second-order valence-corrected chi connectivity index (χ2v) is 24.3. The highest BCUT2D eigenvalue weighted by Crippen LogP contribution is 2.39. The summed E-state index contributed by atoms with van der Waals surface area (Å²) in [5, 5.41) is 2.03. The zero-order chi connectivity index (χ0) is 86.5. The van der Waals surface area contributed by atoms with E-state index >= 15 is 0 Å². The van der Waals surface area contributed by atoms with E-state index in [1.54, 1.807) is 112 Å². The zero-order valence-electron chi connectivity index (χ0n) is 76.2. The van der Waals surface area contributed by atoms with Crippen molar-refractivity contribution in [2.75, 3.05) is 71.1 Å². The van der Waals surface area contributed by atoms with E-state index in [2.05, 4.69) is 33.8 Å². The van der Waals surface area contributed by atoms with Gasteiger partial charge in [0, 0.05) is 68.0 Å². The van der Waals surface area contributed by atoms with Gasteiger partial charge in [-0.25, -0.2) is 0 Å². The first kappa shape index (κ1) is 107. The van der Waals surface area contributed by atoms with E-state index in [0.29, 0.717) is 51.2 Å². The molecule has 110 heavy (non-hydrogen) atoms. The molecule has 12 rings (SSSR count). The van der Waals surface area contributed by atoms with Gasteiger partial charge in [-0.1, -0.05) is 233 Å². The number of para-hydroxylation sites is 2. The van der Waals surface area contributed by atoms with E-state index in [0.717, 1.165) is 40.4 Å². The molecule has 17 heteroatoms. The number of amides is 8. The maximum Gasteiger partial charge on any atom is 0.257 e. The Balaban J connectivity index is -0.000000601. The zero-order valence-corrected chi connectivity index (χ0v) is 76.2. The second-order valence-electron chi connectivity index (χ2n) is 24.3. The first-order chi connectivity index (χ1) is 52.6. The molecule has 1 aliphatic carbocycles.